The number of carbonyl (C=O) groups excluding carboxylic acids is 1. The van der Waals surface area contributed by atoms with E-state index in [1.807, 2.05) is 12.1 Å². The van der Waals surface area contributed by atoms with Gasteiger partial charge in [-0.3, -0.25) is 4.79 Å². The molecule has 4 rings (SSSR count). The Morgan fingerprint density at radius 2 is 2.17 bits per heavy atom. The second-order valence-electron chi connectivity index (χ2n) is 6.94. The predicted octanol–water partition coefficient (Wildman–Crippen LogP) is 2.46. The lowest BCUT2D eigenvalue weighted by atomic mass is 9.81. The maximum absolute atomic E-state index is 12.0. The number of benzene rings is 1. The number of hydrogen-bond acceptors (Lipinski definition) is 3. The molecule has 1 amide bonds. The fourth-order valence-electron chi connectivity index (χ4n) is 3.43. The van der Waals surface area contributed by atoms with Crippen molar-refractivity contribution >= 4 is 16.9 Å². The molecule has 23 heavy (non-hydrogen) atoms. The first-order valence-electron chi connectivity index (χ1n) is 8.57. The zero-order chi connectivity index (χ0) is 16.0. The lowest BCUT2D eigenvalue weighted by molar-refractivity contribution is -0.134. The third-order valence-electron chi connectivity index (χ3n) is 5.17. The molecule has 2 N–H and O–H groups in total. The van der Waals surface area contributed by atoms with Gasteiger partial charge in [-0.15, -0.1) is 0 Å². The van der Waals surface area contributed by atoms with Gasteiger partial charge in [-0.2, -0.15) is 0 Å². The van der Waals surface area contributed by atoms with Gasteiger partial charge in [-0.05, 0) is 56.2 Å². The Labute approximate surface area is 135 Å². The first-order chi connectivity index (χ1) is 11.1. The van der Waals surface area contributed by atoms with Crippen LogP contribution in [0.15, 0.2) is 18.2 Å². The number of aliphatic hydroxyl groups excluding tert-OH is 1. The highest BCUT2D eigenvalue weighted by Gasteiger charge is 2.30. The number of aliphatic hydroxyl groups is 1. The van der Waals surface area contributed by atoms with Crippen molar-refractivity contribution in [3.05, 3.63) is 29.6 Å². The largest absolute Gasteiger partial charge is 0.383 e. The quantitative estimate of drug-likeness (QED) is 0.891. The fraction of sp³-hybridized carbons (Fsp3) is 0.556. The summed E-state index contributed by atoms with van der Waals surface area (Å²) in [5.41, 5.74) is 3.18. The van der Waals surface area contributed by atoms with Crippen LogP contribution in [0.4, 0.5) is 0 Å². The van der Waals surface area contributed by atoms with Crippen molar-refractivity contribution in [2.45, 2.75) is 57.7 Å². The molecular formula is C18H23N3O2. The van der Waals surface area contributed by atoms with Crippen LogP contribution in [0.5, 0.6) is 0 Å². The Balaban J connectivity index is 1.46. The van der Waals surface area contributed by atoms with Gasteiger partial charge in [-0.25, -0.2) is 4.98 Å². The van der Waals surface area contributed by atoms with E-state index in [4.69, 9.17) is 0 Å². The van der Waals surface area contributed by atoms with Crippen LogP contribution in [0.1, 0.15) is 49.5 Å². The number of aryl methyl sites for hydroxylation is 1. The molecule has 1 aromatic heterocycles. The van der Waals surface area contributed by atoms with E-state index in [-0.39, 0.29) is 11.8 Å². The molecule has 0 radical (unpaired) electrons. The van der Waals surface area contributed by atoms with Crippen molar-refractivity contribution in [3.8, 4) is 0 Å². The molecule has 0 aliphatic heterocycles. The van der Waals surface area contributed by atoms with Gasteiger partial charge >= 0.3 is 0 Å². The Hall–Kier alpha value is -1.88. The number of rotatable bonds is 5. The van der Waals surface area contributed by atoms with Gasteiger partial charge in [0.2, 0.25) is 5.91 Å². The van der Waals surface area contributed by atoms with Crippen LogP contribution >= 0.6 is 0 Å². The summed E-state index contributed by atoms with van der Waals surface area (Å²) < 4.78 is 2.32. The van der Waals surface area contributed by atoms with Gasteiger partial charge in [0.1, 0.15) is 11.9 Å². The highest BCUT2D eigenvalue weighted by Crippen LogP contribution is 2.38. The number of nitrogens with zero attached hydrogens (tertiary/aromatic N) is 2. The van der Waals surface area contributed by atoms with Crippen molar-refractivity contribution in [3.63, 3.8) is 0 Å². The highest BCUT2D eigenvalue weighted by atomic mass is 16.3. The molecule has 1 unspecified atom stereocenters. The third-order valence-corrected chi connectivity index (χ3v) is 5.17. The number of aromatic nitrogens is 2. The summed E-state index contributed by atoms with van der Waals surface area (Å²) >= 11 is 0. The summed E-state index contributed by atoms with van der Waals surface area (Å²) in [6.07, 6.45) is 4.65. The van der Waals surface area contributed by atoms with E-state index in [9.17, 15) is 9.90 Å². The van der Waals surface area contributed by atoms with E-state index in [1.54, 1.807) is 0 Å². The van der Waals surface area contributed by atoms with Gasteiger partial charge in [0.15, 0.2) is 0 Å². The molecule has 5 heteroatoms. The monoisotopic (exact) mass is 313 g/mol. The number of nitrogens with one attached hydrogen (secondary N) is 1. The molecule has 0 bridgehead atoms. The van der Waals surface area contributed by atoms with Crippen LogP contribution in [-0.4, -0.2) is 26.7 Å². The molecule has 0 saturated heterocycles. The third kappa shape index (κ3) is 2.74. The lowest BCUT2D eigenvalue weighted by Gasteiger charge is -2.29. The van der Waals surface area contributed by atoms with Crippen molar-refractivity contribution in [1.82, 2.24) is 14.9 Å². The molecule has 1 atom stereocenters. The topological polar surface area (TPSA) is 67.2 Å². The zero-order valence-corrected chi connectivity index (χ0v) is 13.5. The summed E-state index contributed by atoms with van der Waals surface area (Å²) in [5.74, 6) is 0.952. The maximum Gasteiger partial charge on any atom is 0.249 e. The number of fused-ring (bicyclic) bond motifs is 1. The van der Waals surface area contributed by atoms with Crippen molar-refractivity contribution in [2.24, 2.45) is 5.92 Å². The molecule has 1 heterocycles. The number of carbonyl (C=O) groups is 1. The van der Waals surface area contributed by atoms with Crippen LogP contribution in [0, 0.1) is 12.8 Å². The molecule has 2 aromatic rings. The minimum atomic E-state index is -0.858. The lowest BCUT2D eigenvalue weighted by Crippen LogP contribution is -2.41. The first kappa shape index (κ1) is 14.7. The van der Waals surface area contributed by atoms with E-state index < -0.39 is 6.10 Å². The minimum Gasteiger partial charge on any atom is -0.383 e. The number of imidazole rings is 1. The summed E-state index contributed by atoms with van der Waals surface area (Å²) in [6, 6.07) is 6.79. The molecule has 5 nitrogen and oxygen atoms in total. The summed E-state index contributed by atoms with van der Waals surface area (Å²) in [6.45, 7) is 2.49. The zero-order valence-electron chi connectivity index (χ0n) is 13.5. The fourth-order valence-corrected chi connectivity index (χ4v) is 3.43. The summed E-state index contributed by atoms with van der Waals surface area (Å²) in [7, 11) is 0. The Morgan fingerprint density at radius 3 is 2.83 bits per heavy atom. The molecule has 2 saturated carbocycles. The van der Waals surface area contributed by atoms with E-state index in [2.05, 4.69) is 27.9 Å². The first-order valence-corrected chi connectivity index (χ1v) is 8.57. The minimum absolute atomic E-state index is 0.148. The van der Waals surface area contributed by atoms with Crippen LogP contribution in [-0.2, 0) is 11.3 Å². The predicted molar refractivity (Wildman–Crippen MR) is 87.9 cm³/mol. The van der Waals surface area contributed by atoms with Crippen LogP contribution in [0.2, 0.25) is 0 Å². The molecule has 2 aliphatic rings. The van der Waals surface area contributed by atoms with Crippen molar-refractivity contribution in [1.29, 1.82) is 0 Å². The SMILES string of the molecule is Cc1nc2cc(CNC(=O)C(O)C3CCC3)ccc2n1C1CC1. The van der Waals surface area contributed by atoms with Gasteiger partial charge in [0.25, 0.3) is 0 Å². The highest BCUT2D eigenvalue weighted by molar-refractivity contribution is 5.81. The second kappa shape index (κ2) is 5.64. The smallest absolute Gasteiger partial charge is 0.249 e. The normalized spacial score (nSPS) is 19.6. The average Bonchev–Trinajstić information content (AvgIpc) is 3.25. The molecule has 1 aromatic carbocycles. The molecule has 0 spiro atoms. The van der Waals surface area contributed by atoms with E-state index in [1.165, 1.54) is 18.4 Å². The van der Waals surface area contributed by atoms with Crippen LogP contribution in [0.25, 0.3) is 11.0 Å². The van der Waals surface area contributed by atoms with Gasteiger partial charge in [0, 0.05) is 12.6 Å². The molecular weight excluding hydrogens is 290 g/mol. The van der Waals surface area contributed by atoms with Crippen LogP contribution < -0.4 is 5.32 Å². The van der Waals surface area contributed by atoms with Crippen LogP contribution in [0.3, 0.4) is 0 Å². The van der Waals surface area contributed by atoms with E-state index in [0.717, 1.165) is 36.2 Å². The van der Waals surface area contributed by atoms with Gasteiger partial charge in [-0.1, -0.05) is 12.5 Å². The maximum atomic E-state index is 12.0. The summed E-state index contributed by atoms with van der Waals surface area (Å²) in [4.78, 5) is 16.6. The van der Waals surface area contributed by atoms with E-state index >= 15 is 0 Å². The number of hydrogen-bond donors (Lipinski definition) is 2. The molecule has 2 fully saturated rings. The van der Waals surface area contributed by atoms with Gasteiger partial charge < -0.3 is 15.0 Å². The summed E-state index contributed by atoms with van der Waals surface area (Å²) in [5, 5.41) is 12.8. The van der Waals surface area contributed by atoms with Crippen molar-refractivity contribution in [2.75, 3.05) is 0 Å². The number of amides is 1. The Morgan fingerprint density at radius 1 is 1.39 bits per heavy atom. The Kier molecular flexibility index (Phi) is 3.60. The standard InChI is InChI=1S/C18H23N3O2/c1-11-20-15-9-12(5-8-16(15)21(11)14-6-7-14)10-19-18(23)17(22)13-3-2-4-13/h5,8-9,13-14,17,22H,2-4,6-7,10H2,1H3,(H,19,23). The van der Waals surface area contributed by atoms with E-state index in [0.29, 0.717) is 12.6 Å². The molecule has 122 valence electrons. The Bertz CT molecular complexity index is 744. The van der Waals surface area contributed by atoms with Gasteiger partial charge in [0.05, 0.1) is 11.0 Å². The second-order valence-corrected chi connectivity index (χ2v) is 6.94. The van der Waals surface area contributed by atoms with Crippen molar-refractivity contribution < 1.29 is 9.90 Å². The molecule has 2 aliphatic carbocycles. The average molecular weight is 313 g/mol.